The number of methoxy groups -OCH3 is 1. The second-order valence-electron chi connectivity index (χ2n) is 7.73. The standard InChI is InChI=1S/C24H29N3O3/c1-3-4-13-26-17-18(16-23(26)28)24-25-21-7-5-6-8-22(21)27(24)14-15-30-20-11-9-19(29-2)10-12-20/h5-12,18H,3-4,13-17H2,1-2H3. The van der Waals surface area contributed by atoms with Crippen molar-refractivity contribution in [2.45, 2.75) is 38.6 Å². The van der Waals surface area contributed by atoms with E-state index in [4.69, 9.17) is 14.5 Å². The summed E-state index contributed by atoms with van der Waals surface area (Å²) in [6, 6.07) is 15.8. The van der Waals surface area contributed by atoms with Gasteiger partial charge in [0.05, 0.1) is 24.7 Å². The molecule has 158 valence electrons. The lowest BCUT2D eigenvalue weighted by molar-refractivity contribution is -0.127. The second-order valence-corrected chi connectivity index (χ2v) is 7.73. The van der Waals surface area contributed by atoms with Crippen molar-refractivity contribution in [2.75, 3.05) is 26.8 Å². The molecular formula is C24H29N3O3. The van der Waals surface area contributed by atoms with Crippen LogP contribution in [0.1, 0.15) is 37.9 Å². The first-order valence-corrected chi connectivity index (χ1v) is 10.7. The smallest absolute Gasteiger partial charge is 0.223 e. The Bertz CT molecular complexity index is 997. The van der Waals surface area contributed by atoms with Crippen LogP contribution in [0.5, 0.6) is 11.5 Å². The van der Waals surface area contributed by atoms with Crippen molar-refractivity contribution >= 4 is 16.9 Å². The van der Waals surface area contributed by atoms with Crippen LogP contribution in [-0.4, -0.2) is 47.2 Å². The number of likely N-dealkylation sites (tertiary alicyclic amines) is 1. The Hall–Kier alpha value is -3.02. The summed E-state index contributed by atoms with van der Waals surface area (Å²) in [5.74, 6) is 2.97. The number of unbranched alkanes of at least 4 members (excludes halogenated alkanes) is 1. The van der Waals surface area contributed by atoms with Gasteiger partial charge in [-0.1, -0.05) is 25.5 Å². The molecule has 1 atom stereocenters. The number of ether oxygens (including phenoxy) is 2. The van der Waals surface area contributed by atoms with E-state index in [9.17, 15) is 4.79 Å². The lowest BCUT2D eigenvalue weighted by Crippen LogP contribution is -2.26. The number of hydrogen-bond donors (Lipinski definition) is 0. The SMILES string of the molecule is CCCCN1CC(c2nc3ccccc3n2CCOc2ccc(OC)cc2)CC1=O. The zero-order valence-electron chi connectivity index (χ0n) is 17.7. The maximum atomic E-state index is 12.5. The van der Waals surface area contributed by atoms with Crippen LogP contribution in [0.3, 0.4) is 0 Å². The molecule has 1 aliphatic heterocycles. The Labute approximate surface area is 177 Å². The van der Waals surface area contributed by atoms with Gasteiger partial charge < -0.3 is 18.9 Å². The molecule has 1 fully saturated rings. The van der Waals surface area contributed by atoms with Gasteiger partial charge in [0.1, 0.15) is 23.9 Å². The summed E-state index contributed by atoms with van der Waals surface area (Å²) in [5, 5.41) is 0. The Balaban J connectivity index is 1.51. The number of carbonyl (C=O) groups is 1. The number of imidazole rings is 1. The van der Waals surface area contributed by atoms with E-state index in [1.807, 2.05) is 47.4 Å². The monoisotopic (exact) mass is 407 g/mol. The average molecular weight is 408 g/mol. The van der Waals surface area contributed by atoms with E-state index in [1.165, 1.54) is 0 Å². The minimum Gasteiger partial charge on any atom is -0.497 e. The maximum Gasteiger partial charge on any atom is 0.223 e. The van der Waals surface area contributed by atoms with E-state index in [-0.39, 0.29) is 11.8 Å². The zero-order chi connectivity index (χ0) is 20.9. The topological polar surface area (TPSA) is 56.6 Å². The van der Waals surface area contributed by atoms with E-state index >= 15 is 0 Å². The Morgan fingerprint density at radius 2 is 1.83 bits per heavy atom. The Morgan fingerprint density at radius 1 is 1.07 bits per heavy atom. The molecule has 1 aromatic heterocycles. The van der Waals surface area contributed by atoms with Gasteiger partial charge in [-0.15, -0.1) is 0 Å². The molecular weight excluding hydrogens is 378 g/mol. The molecule has 1 unspecified atom stereocenters. The fourth-order valence-corrected chi connectivity index (χ4v) is 4.08. The van der Waals surface area contributed by atoms with E-state index in [2.05, 4.69) is 17.6 Å². The molecule has 3 aromatic rings. The molecule has 30 heavy (non-hydrogen) atoms. The molecule has 1 aliphatic rings. The van der Waals surface area contributed by atoms with Crippen LogP contribution in [0, 0.1) is 0 Å². The summed E-state index contributed by atoms with van der Waals surface area (Å²) in [4.78, 5) is 19.4. The van der Waals surface area contributed by atoms with Crippen molar-refractivity contribution in [3.8, 4) is 11.5 Å². The fraction of sp³-hybridized carbons (Fsp3) is 0.417. The zero-order valence-corrected chi connectivity index (χ0v) is 17.7. The maximum absolute atomic E-state index is 12.5. The van der Waals surface area contributed by atoms with Gasteiger partial charge in [0.15, 0.2) is 0 Å². The van der Waals surface area contributed by atoms with Crippen LogP contribution in [0.15, 0.2) is 48.5 Å². The predicted molar refractivity (Wildman–Crippen MR) is 117 cm³/mol. The fourth-order valence-electron chi connectivity index (χ4n) is 4.08. The van der Waals surface area contributed by atoms with E-state index in [0.29, 0.717) is 19.6 Å². The van der Waals surface area contributed by atoms with Gasteiger partial charge in [-0.05, 0) is 42.8 Å². The number of aromatic nitrogens is 2. The van der Waals surface area contributed by atoms with Gasteiger partial charge in [-0.25, -0.2) is 4.98 Å². The number of rotatable bonds is 9. The third-order valence-corrected chi connectivity index (χ3v) is 5.69. The van der Waals surface area contributed by atoms with Crippen LogP contribution in [0.25, 0.3) is 11.0 Å². The molecule has 0 N–H and O–H groups in total. The lowest BCUT2D eigenvalue weighted by atomic mass is 10.1. The van der Waals surface area contributed by atoms with E-state index < -0.39 is 0 Å². The molecule has 0 bridgehead atoms. The number of amides is 1. The Morgan fingerprint density at radius 3 is 2.60 bits per heavy atom. The van der Waals surface area contributed by atoms with Crippen molar-refractivity contribution in [3.05, 3.63) is 54.4 Å². The van der Waals surface area contributed by atoms with Crippen LogP contribution in [0.4, 0.5) is 0 Å². The van der Waals surface area contributed by atoms with Gasteiger partial charge in [0.25, 0.3) is 0 Å². The molecule has 4 rings (SSSR count). The van der Waals surface area contributed by atoms with Crippen molar-refractivity contribution < 1.29 is 14.3 Å². The minimum absolute atomic E-state index is 0.128. The number of fused-ring (bicyclic) bond motifs is 1. The third kappa shape index (κ3) is 4.27. The molecule has 1 amide bonds. The van der Waals surface area contributed by atoms with Crippen molar-refractivity contribution in [3.63, 3.8) is 0 Å². The molecule has 0 radical (unpaired) electrons. The number of nitrogens with zero attached hydrogens (tertiary/aromatic N) is 3. The molecule has 1 saturated heterocycles. The summed E-state index contributed by atoms with van der Waals surface area (Å²) >= 11 is 0. The molecule has 0 saturated carbocycles. The Kier molecular flexibility index (Phi) is 6.21. The largest absolute Gasteiger partial charge is 0.497 e. The number of carbonyl (C=O) groups excluding carboxylic acids is 1. The van der Waals surface area contributed by atoms with Gasteiger partial charge in [0, 0.05) is 25.4 Å². The van der Waals surface area contributed by atoms with Crippen LogP contribution >= 0.6 is 0 Å². The summed E-state index contributed by atoms with van der Waals surface area (Å²) in [6.07, 6.45) is 2.67. The first-order chi connectivity index (χ1) is 14.7. The minimum atomic E-state index is 0.128. The van der Waals surface area contributed by atoms with Gasteiger partial charge >= 0.3 is 0 Å². The highest BCUT2D eigenvalue weighted by Gasteiger charge is 2.33. The molecule has 0 spiro atoms. The van der Waals surface area contributed by atoms with Crippen LogP contribution in [-0.2, 0) is 11.3 Å². The van der Waals surface area contributed by atoms with E-state index in [1.54, 1.807) is 7.11 Å². The number of hydrogen-bond acceptors (Lipinski definition) is 4. The number of para-hydroxylation sites is 2. The molecule has 2 aromatic carbocycles. The normalized spacial score (nSPS) is 16.4. The van der Waals surface area contributed by atoms with Gasteiger partial charge in [0.2, 0.25) is 5.91 Å². The summed E-state index contributed by atoms with van der Waals surface area (Å²) in [6.45, 7) is 4.95. The highest BCUT2D eigenvalue weighted by atomic mass is 16.5. The summed E-state index contributed by atoms with van der Waals surface area (Å²) in [5.41, 5.74) is 2.06. The highest BCUT2D eigenvalue weighted by molar-refractivity contribution is 5.80. The van der Waals surface area contributed by atoms with Gasteiger partial charge in [-0.2, -0.15) is 0 Å². The molecule has 6 nitrogen and oxygen atoms in total. The summed E-state index contributed by atoms with van der Waals surface area (Å²) in [7, 11) is 1.65. The van der Waals surface area contributed by atoms with Gasteiger partial charge in [-0.3, -0.25) is 4.79 Å². The van der Waals surface area contributed by atoms with Crippen molar-refractivity contribution in [1.29, 1.82) is 0 Å². The van der Waals surface area contributed by atoms with E-state index in [0.717, 1.165) is 54.3 Å². The van der Waals surface area contributed by atoms with Crippen molar-refractivity contribution in [1.82, 2.24) is 14.5 Å². The second kappa shape index (κ2) is 9.20. The first kappa shape index (κ1) is 20.3. The third-order valence-electron chi connectivity index (χ3n) is 5.69. The van der Waals surface area contributed by atoms with Crippen LogP contribution in [0.2, 0.25) is 0 Å². The predicted octanol–water partition coefficient (Wildman–Crippen LogP) is 4.24. The van der Waals surface area contributed by atoms with Crippen LogP contribution < -0.4 is 9.47 Å². The average Bonchev–Trinajstić information content (AvgIpc) is 3.33. The van der Waals surface area contributed by atoms with Crippen molar-refractivity contribution in [2.24, 2.45) is 0 Å². The number of benzene rings is 2. The first-order valence-electron chi connectivity index (χ1n) is 10.7. The molecule has 0 aliphatic carbocycles. The lowest BCUT2D eigenvalue weighted by Gasteiger charge is -2.17. The molecule has 6 heteroatoms. The summed E-state index contributed by atoms with van der Waals surface area (Å²) < 4.78 is 13.4. The highest BCUT2D eigenvalue weighted by Crippen LogP contribution is 2.30. The molecule has 2 heterocycles. The quantitative estimate of drug-likeness (QED) is 0.532.